The lowest BCUT2D eigenvalue weighted by Gasteiger charge is -2.35. The maximum atomic E-state index is 12.6. The van der Waals surface area contributed by atoms with Gasteiger partial charge in [-0.2, -0.15) is 0 Å². The smallest absolute Gasteiger partial charge is 0.231 e. The van der Waals surface area contributed by atoms with Gasteiger partial charge in [0.05, 0.1) is 6.42 Å². The van der Waals surface area contributed by atoms with E-state index in [9.17, 15) is 9.59 Å². The van der Waals surface area contributed by atoms with Crippen molar-refractivity contribution in [2.75, 3.05) is 38.3 Å². The minimum atomic E-state index is -0.104. The molecule has 4 rings (SSSR count). The molecule has 1 saturated heterocycles. The Balaban J connectivity index is 1.25. The summed E-state index contributed by atoms with van der Waals surface area (Å²) >= 11 is 0. The zero-order chi connectivity index (χ0) is 20.2. The summed E-state index contributed by atoms with van der Waals surface area (Å²) in [5.41, 5.74) is 2.88. The van der Waals surface area contributed by atoms with Crippen LogP contribution in [0.1, 0.15) is 18.1 Å². The van der Waals surface area contributed by atoms with Crippen LogP contribution in [0.2, 0.25) is 0 Å². The van der Waals surface area contributed by atoms with Gasteiger partial charge in [-0.15, -0.1) is 0 Å². The number of carbonyl (C=O) groups is 2. The zero-order valence-corrected chi connectivity index (χ0v) is 16.5. The first-order chi connectivity index (χ1) is 14.1. The van der Waals surface area contributed by atoms with Crippen molar-refractivity contribution in [1.29, 1.82) is 0 Å². The maximum absolute atomic E-state index is 12.6. The van der Waals surface area contributed by atoms with Gasteiger partial charge in [-0.05, 0) is 35.4 Å². The molecule has 2 amide bonds. The molecule has 2 aliphatic rings. The third-order valence-corrected chi connectivity index (χ3v) is 5.20. The number of rotatable bonds is 5. The van der Waals surface area contributed by atoms with Crippen molar-refractivity contribution >= 4 is 17.5 Å². The molecule has 0 unspecified atom stereocenters. The van der Waals surface area contributed by atoms with Crippen LogP contribution in [0.3, 0.4) is 0 Å². The van der Waals surface area contributed by atoms with Crippen LogP contribution in [-0.4, -0.2) is 54.6 Å². The number of nitrogens with zero attached hydrogens (tertiary/aromatic N) is 2. The van der Waals surface area contributed by atoms with Gasteiger partial charge in [0.25, 0.3) is 0 Å². The van der Waals surface area contributed by atoms with Gasteiger partial charge in [0.2, 0.25) is 18.6 Å². The summed E-state index contributed by atoms with van der Waals surface area (Å²) in [5.74, 6) is 1.64. The van der Waals surface area contributed by atoms with E-state index in [0.29, 0.717) is 6.42 Å². The Hall–Kier alpha value is -3.06. The molecule has 2 aromatic carbocycles. The van der Waals surface area contributed by atoms with Gasteiger partial charge in [0.15, 0.2) is 11.5 Å². The average Bonchev–Trinajstić information content (AvgIpc) is 3.17. The molecule has 29 heavy (non-hydrogen) atoms. The lowest BCUT2D eigenvalue weighted by Crippen LogP contribution is -2.48. The topological polar surface area (TPSA) is 71.1 Å². The van der Waals surface area contributed by atoms with Crippen molar-refractivity contribution in [3.63, 3.8) is 0 Å². The Morgan fingerprint density at radius 2 is 1.62 bits per heavy atom. The number of anilines is 1. The average molecular weight is 395 g/mol. The number of nitrogens with one attached hydrogen (secondary N) is 1. The second kappa shape index (κ2) is 8.53. The van der Waals surface area contributed by atoms with Gasteiger partial charge in [-0.25, -0.2) is 0 Å². The summed E-state index contributed by atoms with van der Waals surface area (Å²) in [6.45, 7) is 5.76. The summed E-state index contributed by atoms with van der Waals surface area (Å²) in [5, 5.41) is 2.73. The largest absolute Gasteiger partial charge is 0.454 e. The van der Waals surface area contributed by atoms with Crippen LogP contribution in [0.4, 0.5) is 5.69 Å². The van der Waals surface area contributed by atoms with E-state index in [0.717, 1.165) is 55.5 Å². The molecule has 7 nitrogen and oxygen atoms in total. The third-order valence-electron chi connectivity index (χ3n) is 5.20. The van der Waals surface area contributed by atoms with E-state index in [4.69, 9.17) is 9.47 Å². The molecule has 1 fully saturated rings. The fourth-order valence-electron chi connectivity index (χ4n) is 3.65. The SMILES string of the molecule is CC(=O)Nc1ccc(CC(=O)N2CCN(Cc3ccc4c(c3)OCO4)CC2)cc1. The molecule has 0 bridgehead atoms. The number of hydrogen-bond donors (Lipinski definition) is 1. The molecule has 2 heterocycles. The summed E-state index contributed by atoms with van der Waals surface area (Å²) in [7, 11) is 0. The molecular weight excluding hydrogens is 370 g/mol. The predicted octanol–water partition coefficient (Wildman–Crippen LogP) is 2.26. The standard InChI is InChI=1S/C22H25N3O4/c1-16(26)23-19-5-2-17(3-6-19)13-22(27)25-10-8-24(9-11-25)14-18-4-7-20-21(12-18)29-15-28-20/h2-7,12H,8-11,13-15H2,1H3,(H,23,26). The van der Waals surface area contributed by atoms with Gasteiger partial charge < -0.3 is 19.7 Å². The van der Waals surface area contributed by atoms with Gasteiger partial charge >= 0.3 is 0 Å². The van der Waals surface area contributed by atoms with Crippen molar-refractivity contribution in [1.82, 2.24) is 9.80 Å². The number of ether oxygens (including phenoxy) is 2. The van der Waals surface area contributed by atoms with Crippen LogP contribution in [0, 0.1) is 0 Å². The first kappa shape index (κ1) is 19.3. The first-order valence-corrected chi connectivity index (χ1v) is 9.82. The van der Waals surface area contributed by atoms with E-state index < -0.39 is 0 Å². The van der Waals surface area contributed by atoms with Gasteiger partial charge in [0.1, 0.15) is 0 Å². The van der Waals surface area contributed by atoms with Crippen LogP contribution >= 0.6 is 0 Å². The molecule has 0 atom stereocenters. The van der Waals surface area contributed by atoms with Crippen LogP contribution in [0.15, 0.2) is 42.5 Å². The Morgan fingerprint density at radius 1 is 0.931 bits per heavy atom. The number of hydrogen-bond acceptors (Lipinski definition) is 5. The number of amides is 2. The quantitative estimate of drug-likeness (QED) is 0.841. The molecule has 1 N–H and O–H groups in total. The van der Waals surface area contributed by atoms with Gasteiger partial charge in [-0.1, -0.05) is 18.2 Å². The second-order valence-electron chi connectivity index (χ2n) is 7.40. The summed E-state index contributed by atoms with van der Waals surface area (Å²) in [6, 6.07) is 13.5. The van der Waals surface area contributed by atoms with E-state index in [2.05, 4.69) is 16.3 Å². The molecule has 0 spiro atoms. The Kier molecular flexibility index (Phi) is 5.67. The lowest BCUT2D eigenvalue weighted by molar-refractivity contribution is -0.132. The monoisotopic (exact) mass is 395 g/mol. The van der Waals surface area contributed by atoms with Crippen molar-refractivity contribution in [2.45, 2.75) is 19.9 Å². The van der Waals surface area contributed by atoms with E-state index in [1.54, 1.807) is 0 Å². The van der Waals surface area contributed by atoms with Crippen LogP contribution in [-0.2, 0) is 22.6 Å². The highest BCUT2D eigenvalue weighted by Gasteiger charge is 2.22. The highest BCUT2D eigenvalue weighted by molar-refractivity contribution is 5.88. The zero-order valence-electron chi connectivity index (χ0n) is 16.5. The summed E-state index contributed by atoms with van der Waals surface area (Å²) < 4.78 is 10.8. The normalized spacial score (nSPS) is 16.0. The molecule has 0 radical (unpaired) electrons. The minimum Gasteiger partial charge on any atom is -0.454 e. The Morgan fingerprint density at radius 3 is 2.34 bits per heavy atom. The molecular formula is C22H25N3O4. The van der Waals surface area contributed by atoms with Crippen molar-refractivity contribution < 1.29 is 19.1 Å². The van der Waals surface area contributed by atoms with E-state index in [-0.39, 0.29) is 18.6 Å². The molecule has 2 aromatic rings. The number of fused-ring (bicyclic) bond motifs is 1. The summed E-state index contributed by atoms with van der Waals surface area (Å²) in [6.07, 6.45) is 0.377. The molecule has 7 heteroatoms. The molecule has 0 aliphatic carbocycles. The van der Waals surface area contributed by atoms with Crippen molar-refractivity contribution in [2.24, 2.45) is 0 Å². The van der Waals surface area contributed by atoms with E-state index in [1.807, 2.05) is 41.3 Å². The molecule has 0 saturated carbocycles. The molecule has 0 aromatic heterocycles. The fourth-order valence-corrected chi connectivity index (χ4v) is 3.65. The highest BCUT2D eigenvalue weighted by Crippen LogP contribution is 2.32. The fraction of sp³-hybridized carbons (Fsp3) is 0.364. The Labute approximate surface area is 170 Å². The Bertz CT molecular complexity index is 889. The first-order valence-electron chi connectivity index (χ1n) is 9.82. The van der Waals surface area contributed by atoms with Gasteiger partial charge in [-0.3, -0.25) is 14.5 Å². The molecule has 2 aliphatic heterocycles. The third kappa shape index (κ3) is 4.86. The number of piperazine rings is 1. The predicted molar refractivity (Wildman–Crippen MR) is 109 cm³/mol. The van der Waals surface area contributed by atoms with Crippen LogP contribution in [0.25, 0.3) is 0 Å². The van der Waals surface area contributed by atoms with Crippen molar-refractivity contribution in [3.05, 3.63) is 53.6 Å². The minimum absolute atomic E-state index is 0.104. The summed E-state index contributed by atoms with van der Waals surface area (Å²) in [4.78, 5) is 28.0. The molecule has 152 valence electrons. The second-order valence-corrected chi connectivity index (χ2v) is 7.40. The van der Waals surface area contributed by atoms with E-state index >= 15 is 0 Å². The number of carbonyl (C=O) groups excluding carboxylic acids is 2. The van der Waals surface area contributed by atoms with Crippen molar-refractivity contribution in [3.8, 4) is 11.5 Å². The lowest BCUT2D eigenvalue weighted by atomic mass is 10.1. The van der Waals surface area contributed by atoms with E-state index in [1.165, 1.54) is 12.5 Å². The van der Waals surface area contributed by atoms with Crippen LogP contribution in [0.5, 0.6) is 11.5 Å². The maximum Gasteiger partial charge on any atom is 0.231 e. The highest BCUT2D eigenvalue weighted by atomic mass is 16.7. The number of benzene rings is 2. The van der Waals surface area contributed by atoms with Crippen LogP contribution < -0.4 is 14.8 Å². The van der Waals surface area contributed by atoms with Gasteiger partial charge in [0, 0.05) is 45.3 Å².